The monoisotopic (exact) mass is 262 g/mol. The Hall–Kier alpha value is -0.580. The van der Waals surface area contributed by atoms with Crippen LogP contribution in [0.2, 0.25) is 0 Å². The van der Waals surface area contributed by atoms with E-state index in [0.29, 0.717) is 6.54 Å². The van der Waals surface area contributed by atoms with E-state index in [1.54, 1.807) is 11.3 Å². The molecule has 1 amide bonds. The number of likely N-dealkylation sites (N-methyl/N-ethyl adjacent to an activating group) is 1. The van der Waals surface area contributed by atoms with E-state index in [2.05, 4.69) is 24.5 Å². The predicted octanol–water partition coefficient (Wildman–Crippen LogP) is 1.99. The van der Waals surface area contributed by atoms with Crippen LogP contribution in [0.15, 0.2) is 6.07 Å². The van der Waals surface area contributed by atoms with E-state index < -0.39 is 0 Å². The van der Waals surface area contributed by atoms with Crippen molar-refractivity contribution in [3.05, 3.63) is 21.4 Å². The molecule has 0 aliphatic carbocycles. The van der Waals surface area contributed by atoms with E-state index in [-0.39, 0.29) is 18.3 Å². The average molecular weight is 263 g/mol. The Morgan fingerprint density at radius 2 is 2.12 bits per heavy atom. The molecule has 1 aromatic heterocycles. The molecule has 0 aliphatic rings. The van der Waals surface area contributed by atoms with Crippen LogP contribution in [0.25, 0.3) is 0 Å². The molecular weight excluding hydrogens is 244 g/mol. The smallest absolute Gasteiger partial charge is 0.261 e. The SMILES string of the molecule is CCc1cc(C(=O)NCCNC)sc1C.Cl. The lowest BCUT2D eigenvalue weighted by Crippen LogP contribution is -2.29. The molecule has 1 aromatic rings. The zero-order chi connectivity index (χ0) is 11.3. The Morgan fingerprint density at radius 3 is 2.62 bits per heavy atom. The van der Waals surface area contributed by atoms with Crippen molar-refractivity contribution in [1.29, 1.82) is 0 Å². The number of hydrogen-bond donors (Lipinski definition) is 2. The molecule has 1 rings (SSSR count). The van der Waals surface area contributed by atoms with Gasteiger partial charge in [-0.1, -0.05) is 6.92 Å². The van der Waals surface area contributed by atoms with Gasteiger partial charge in [-0.15, -0.1) is 23.7 Å². The fourth-order valence-electron chi connectivity index (χ4n) is 1.37. The number of nitrogens with one attached hydrogen (secondary N) is 2. The highest BCUT2D eigenvalue weighted by Gasteiger charge is 2.10. The minimum absolute atomic E-state index is 0. The molecule has 1 heterocycles. The van der Waals surface area contributed by atoms with Gasteiger partial charge in [-0.2, -0.15) is 0 Å². The standard InChI is InChI=1S/C11H18N2OS.ClH/c1-4-9-7-10(15-8(9)2)11(14)13-6-5-12-3;/h7,12H,4-6H2,1-3H3,(H,13,14);1H. The van der Waals surface area contributed by atoms with E-state index in [9.17, 15) is 4.79 Å². The highest BCUT2D eigenvalue weighted by Crippen LogP contribution is 2.21. The molecule has 2 N–H and O–H groups in total. The minimum atomic E-state index is 0. The number of halogens is 1. The van der Waals surface area contributed by atoms with Crippen LogP contribution in [0, 0.1) is 6.92 Å². The molecular formula is C11H19ClN2OS. The summed E-state index contributed by atoms with van der Waals surface area (Å²) in [7, 11) is 1.87. The normalized spacial score (nSPS) is 9.69. The Bertz CT molecular complexity index is 339. The van der Waals surface area contributed by atoms with Gasteiger partial charge in [0.15, 0.2) is 0 Å². The Morgan fingerprint density at radius 1 is 1.44 bits per heavy atom. The summed E-state index contributed by atoms with van der Waals surface area (Å²) in [5.41, 5.74) is 1.28. The van der Waals surface area contributed by atoms with Gasteiger partial charge >= 0.3 is 0 Å². The number of carbonyl (C=O) groups is 1. The van der Waals surface area contributed by atoms with Crippen LogP contribution in [0.1, 0.15) is 27.0 Å². The maximum Gasteiger partial charge on any atom is 0.261 e. The summed E-state index contributed by atoms with van der Waals surface area (Å²) in [4.78, 5) is 13.7. The summed E-state index contributed by atoms with van der Waals surface area (Å²) < 4.78 is 0. The van der Waals surface area contributed by atoms with E-state index >= 15 is 0 Å². The molecule has 5 heteroatoms. The third-order valence-corrected chi connectivity index (χ3v) is 3.38. The van der Waals surface area contributed by atoms with Crippen LogP contribution >= 0.6 is 23.7 Å². The second kappa shape index (κ2) is 7.65. The Labute approximate surface area is 107 Å². The van der Waals surface area contributed by atoms with Crippen molar-refractivity contribution in [2.24, 2.45) is 0 Å². The summed E-state index contributed by atoms with van der Waals surface area (Å²) in [5, 5.41) is 5.86. The summed E-state index contributed by atoms with van der Waals surface area (Å²) >= 11 is 1.57. The molecule has 92 valence electrons. The van der Waals surface area contributed by atoms with Crippen molar-refractivity contribution >= 4 is 29.7 Å². The number of carbonyl (C=O) groups excluding carboxylic acids is 1. The number of hydrogen-bond acceptors (Lipinski definition) is 3. The zero-order valence-corrected chi connectivity index (χ0v) is 11.6. The first-order valence-corrected chi connectivity index (χ1v) is 6.02. The molecule has 0 spiro atoms. The van der Waals surface area contributed by atoms with E-state index in [4.69, 9.17) is 0 Å². The van der Waals surface area contributed by atoms with Gasteiger partial charge in [-0.25, -0.2) is 0 Å². The van der Waals surface area contributed by atoms with Crippen LogP contribution in [-0.2, 0) is 6.42 Å². The third kappa shape index (κ3) is 4.12. The van der Waals surface area contributed by atoms with Crippen molar-refractivity contribution in [1.82, 2.24) is 10.6 Å². The molecule has 0 radical (unpaired) electrons. The molecule has 3 nitrogen and oxygen atoms in total. The molecule has 0 atom stereocenters. The molecule has 0 aliphatic heterocycles. The van der Waals surface area contributed by atoms with Crippen LogP contribution < -0.4 is 10.6 Å². The molecule has 0 unspecified atom stereocenters. The topological polar surface area (TPSA) is 41.1 Å². The predicted molar refractivity (Wildman–Crippen MR) is 71.9 cm³/mol. The largest absolute Gasteiger partial charge is 0.350 e. The lowest BCUT2D eigenvalue weighted by molar-refractivity contribution is 0.0958. The van der Waals surface area contributed by atoms with Crippen LogP contribution in [0.3, 0.4) is 0 Å². The first-order chi connectivity index (χ1) is 7.19. The molecule has 0 bridgehead atoms. The van der Waals surface area contributed by atoms with Gasteiger partial charge in [-0.3, -0.25) is 4.79 Å². The van der Waals surface area contributed by atoms with E-state index in [0.717, 1.165) is 17.8 Å². The first kappa shape index (κ1) is 15.4. The number of rotatable bonds is 5. The molecule has 16 heavy (non-hydrogen) atoms. The summed E-state index contributed by atoms with van der Waals surface area (Å²) in [5.74, 6) is 0.0399. The third-order valence-electron chi connectivity index (χ3n) is 2.29. The van der Waals surface area contributed by atoms with Crippen LogP contribution in [-0.4, -0.2) is 26.0 Å². The van der Waals surface area contributed by atoms with E-state index in [1.165, 1.54) is 10.4 Å². The zero-order valence-electron chi connectivity index (χ0n) is 9.92. The molecule has 0 saturated carbocycles. The first-order valence-electron chi connectivity index (χ1n) is 5.21. The maximum atomic E-state index is 11.7. The summed E-state index contributed by atoms with van der Waals surface area (Å²) in [6.07, 6.45) is 0.992. The highest BCUT2D eigenvalue weighted by molar-refractivity contribution is 7.14. The Balaban J connectivity index is 0.00000225. The second-order valence-electron chi connectivity index (χ2n) is 3.41. The lowest BCUT2D eigenvalue weighted by atomic mass is 10.2. The quantitative estimate of drug-likeness (QED) is 0.797. The van der Waals surface area contributed by atoms with Crippen molar-refractivity contribution < 1.29 is 4.79 Å². The van der Waals surface area contributed by atoms with Gasteiger partial charge in [0.2, 0.25) is 0 Å². The van der Waals surface area contributed by atoms with Crippen molar-refractivity contribution in [2.75, 3.05) is 20.1 Å². The summed E-state index contributed by atoms with van der Waals surface area (Å²) in [6, 6.07) is 1.99. The van der Waals surface area contributed by atoms with Gasteiger partial charge in [0.25, 0.3) is 5.91 Å². The van der Waals surface area contributed by atoms with Crippen molar-refractivity contribution in [2.45, 2.75) is 20.3 Å². The van der Waals surface area contributed by atoms with Gasteiger partial charge in [-0.05, 0) is 32.0 Å². The molecule has 0 saturated heterocycles. The molecule has 0 fully saturated rings. The fraction of sp³-hybridized carbons (Fsp3) is 0.545. The van der Waals surface area contributed by atoms with Crippen LogP contribution in [0.5, 0.6) is 0 Å². The minimum Gasteiger partial charge on any atom is -0.350 e. The van der Waals surface area contributed by atoms with Gasteiger partial charge < -0.3 is 10.6 Å². The maximum absolute atomic E-state index is 11.7. The lowest BCUT2D eigenvalue weighted by Gasteiger charge is -2.01. The fourth-order valence-corrected chi connectivity index (χ4v) is 2.40. The van der Waals surface area contributed by atoms with E-state index in [1.807, 2.05) is 13.1 Å². The van der Waals surface area contributed by atoms with Crippen LogP contribution in [0.4, 0.5) is 0 Å². The van der Waals surface area contributed by atoms with Gasteiger partial charge in [0.05, 0.1) is 4.88 Å². The number of thiophene rings is 1. The average Bonchev–Trinajstić information content (AvgIpc) is 2.60. The van der Waals surface area contributed by atoms with Crippen molar-refractivity contribution in [3.63, 3.8) is 0 Å². The summed E-state index contributed by atoms with van der Waals surface area (Å²) in [6.45, 7) is 5.65. The number of amides is 1. The molecule has 0 aromatic carbocycles. The van der Waals surface area contributed by atoms with Gasteiger partial charge in [0, 0.05) is 18.0 Å². The second-order valence-corrected chi connectivity index (χ2v) is 4.66. The van der Waals surface area contributed by atoms with Crippen molar-refractivity contribution in [3.8, 4) is 0 Å². The highest BCUT2D eigenvalue weighted by atomic mass is 35.5. The number of aryl methyl sites for hydroxylation is 2. The van der Waals surface area contributed by atoms with Gasteiger partial charge in [0.1, 0.15) is 0 Å². The Kier molecular flexibility index (Phi) is 7.38.